The summed E-state index contributed by atoms with van der Waals surface area (Å²) in [6, 6.07) is 11.3. The van der Waals surface area contributed by atoms with Gasteiger partial charge in [-0.15, -0.1) is 0 Å². The van der Waals surface area contributed by atoms with Gasteiger partial charge in [0.25, 0.3) is 0 Å². The van der Waals surface area contributed by atoms with Crippen LogP contribution in [0.5, 0.6) is 0 Å². The Kier molecular flexibility index (Phi) is 7.77. The van der Waals surface area contributed by atoms with E-state index in [2.05, 4.69) is 10.8 Å². The van der Waals surface area contributed by atoms with Crippen molar-refractivity contribution in [1.82, 2.24) is 9.79 Å². The maximum atomic E-state index is 13.0. The van der Waals surface area contributed by atoms with Gasteiger partial charge in [0.15, 0.2) is 0 Å². The minimum absolute atomic E-state index is 0.0762. The number of halogens is 3. The van der Waals surface area contributed by atoms with Gasteiger partial charge in [-0.25, -0.2) is 8.42 Å². The van der Waals surface area contributed by atoms with Gasteiger partial charge in [0, 0.05) is 31.8 Å². The molecule has 0 radical (unpaired) electrons. The molecule has 0 bridgehead atoms. The van der Waals surface area contributed by atoms with Crippen LogP contribution in [0.1, 0.15) is 17.5 Å². The van der Waals surface area contributed by atoms with E-state index in [4.69, 9.17) is 9.94 Å². The second-order valence-electron chi connectivity index (χ2n) is 7.08. The molecule has 0 spiro atoms. The molecule has 2 aromatic rings. The van der Waals surface area contributed by atoms with Crippen LogP contribution in [0, 0.1) is 0 Å². The number of para-hydroxylation sites is 1. The number of aliphatic hydroxyl groups excluding tert-OH is 1. The molecular formula is C21H24F3N3O4S. The van der Waals surface area contributed by atoms with Crippen LogP contribution in [0.3, 0.4) is 0 Å². The Morgan fingerprint density at radius 2 is 1.91 bits per heavy atom. The number of hydrogen-bond acceptors (Lipinski definition) is 6. The molecule has 0 fully saturated rings. The Hall–Kier alpha value is -2.60. The smallest absolute Gasteiger partial charge is 0.395 e. The molecule has 0 amide bonds. The van der Waals surface area contributed by atoms with Gasteiger partial charge in [-0.1, -0.05) is 24.3 Å². The van der Waals surface area contributed by atoms with Gasteiger partial charge in [-0.3, -0.25) is 10.3 Å². The number of aliphatic hydroxyl groups is 1. The van der Waals surface area contributed by atoms with E-state index in [9.17, 15) is 21.6 Å². The first kappa shape index (κ1) is 24.1. The fourth-order valence-electron chi connectivity index (χ4n) is 3.18. The Bertz CT molecular complexity index is 1060. The molecule has 0 aromatic heterocycles. The van der Waals surface area contributed by atoms with Gasteiger partial charge in [0.2, 0.25) is 10.0 Å². The van der Waals surface area contributed by atoms with E-state index >= 15 is 0 Å². The van der Waals surface area contributed by atoms with Crippen LogP contribution in [0.4, 0.5) is 18.9 Å². The largest absolute Gasteiger partial charge is 0.416 e. The van der Waals surface area contributed by atoms with Gasteiger partial charge in [0.1, 0.15) is 4.90 Å². The molecule has 0 saturated carbocycles. The van der Waals surface area contributed by atoms with Crippen LogP contribution in [-0.2, 0) is 27.6 Å². The molecule has 1 aliphatic heterocycles. The molecule has 7 nitrogen and oxygen atoms in total. The summed E-state index contributed by atoms with van der Waals surface area (Å²) in [4.78, 5) is 5.43. The second kappa shape index (κ2) is 10.3. The predicted octanol–water partition coefficient (Wildman–Crippen LogP) is 3.11. The lowest BCUT2D eigenvalue weighted by Gasteiger charge is -2.27. The summed E-state index contributed by atoms with van der Waals surface area (Å²) in [6.45, 7) is 0.349. The Labute approximate surface area is 184 Å². The lowest BCUT2D eigenvalue weighted by Crippen LogP contribution is -2.37. The normalized spacial score (nSPS) is 15.3. The van der Waals surface area contributed by atoms with Crippen molar-refractivity contribution in [1.29, 1.82) is 0 Å². The van der Waals surface area contributed by atoms with Gasteiger partial charge in [-0.05, 0) is 35.9 Å². The Balaban J connectivity index is 1.58. The SMILES string of the molecule is O=S(=O)(c1ccccc1NCCO)N1CC=C(NOCc2cccc(C(F)(F)F)c2)CC1. The number of sulfonamides is 1. The van der Waals surface area contributed by atoms with Crippen molar-refractivity contribution in [3.8, 4) is 0 Å². The minimum atomic E-state index is -4.42. The number of alkyl halides is 3. The first-order valence-corrected chi connectivity index (χ1v) is 11.3. The summed E-state index contributed by atoms with van der Waals surface area (Å²) in [5.41, 5.74) is 3.38. The average Bonchev–Trinajstić information content (AvgIpc) is 2.78. The van der Waals surface area contributed by atoms with Crippen LogP contribution in [-0.4, -0.2) is 44.1 Å². The molecule has 1 heterocycles. The highest BCUT2D eigenvalue weighted by Gasteiger charge is 2.30. The quantitative estimate of drug-likeness (QED) is 0.487. The van der Waals surface area contributed by atoms with Gasteiger partial charge in [-0.2, -0.15) is 17.5 Å². The van der Waals surface area contributed by atoms with Gasteiger partial charge >= 0.3 is 6.18 Å². The lowest BCUT2D eigenvalue weighted by atomic mass is 10.1. The topological polar surface area (TPSA) is 90.9 Å². The monoisotopic (exact) mass is 471 g/mol. The fourth-order valence-corrected chi connectivity index (χ4v) is 4.73. The van der Waals surface area contributed by atoms with E-state index in [0.717, 1.165) is 12.1 Å². The Morgan fingerprint density at radius 1 is 1.12 bits per heavy atom. The number of nitrogens with one attached hydrogen (secondary N) is 2. The maximum Gasteiger partial charge on any atom is 0.416 e. The van der Waals surface area contributed by atoms with Crippen molar-refractivity contribution in [2.45, 2.75) is 24.1 Å². The van der Waals surface area contributed by atoms with Crippen molar-refractivity contribution in [2.75, 3.05) is 31.6 Å². The molecule has 0 aliphatic carbocycles. The summed E-state index contributed by atoms with van der Waals surface area (Å²) < 4.78 is 65.8. The van der Waals surface area contributed by atoms with E-state index in [0.29, 0.717) is 23.4 Å². The van der Waals surface area contributed by atoms with Crippen molar-refractivity contribution < 1.29 is 31.5 Å². The maximum absolute atomic E-state index is 13.0. The number of anilines is 1. The third-order valence-electron chi connectivity index (χ3n) is 4.80. The molecule has 11 heteroatoms. The minimum Gasteiger partial charge on any atom is -0.395 e. The van der Waals surface area contributed by atoms with Crippen molar-refractivity contribution in [2.24, 2.45) is 0 Å². The first-order valence-electron chi connectivity index (χ1n) is 9.88. The highest BCUT2D eigenvalue weighted by atomic mass is 32.2. The summed E-state index contributed by atoms with van der Waals surface area (Å²) in [5, 5.41) is 11.9. The Morgan fingerprint density at radius 3 is 2.59 bits per heavy atom. The third kappa shape index (κ3) is 6.00. The standard InChI is InChI=1S/C21H24F3N3O4S/c22-21(23,24)17-5-3-4-16(14-17)15-31-26-18-8-11-27(12-9-18)32(29,30)20-7-2-1-6-19(20)25-10-13-28/h1-8,14,25-26,28H,9-13,15H2. The van der Waals surface area contributed by atoms with Crippen molar-refractivity contribution in [3.05, 3.63) is 71.4 Å². The fraction of sp³-hybridized carbons (Fsp3) is 0.333. The predicted molar refractivity (Wildman–Crippen MR) is 113 cm³/mol. The van der Waals surface area contributed by atoms with Crippen LogP contribution in [0.2, 0.25) is 0 Å². The average molecular weight is 472 g/mol. The van der Waals surface area contributed by atoms with Crippen LogP contribution in [0.25, 0.3) is 0 Å². The molecule has 0 saturated heterocycles. The lowest BCUT2D eigenvalue weighted by molar-refractivity contribution is -0.137. The zero-order valence-corrected chi connectivity index (χ0v) is 17.9. The van der Waals surface area contributed by atoms with Crippen LogP contribution in [0.15, 0.2) is 65.2 Å². The summed E-state index contributed by atoms with van der Waals surface area (Å²) in [7, 11) is -3.76. The van der Waals surface area contributed by atoms with E-state index in [1.165, 1.54) is 22.5 Å². The molecule has 1 aliphatic rings. The number of rotatable bonds is 9. The molecule has 0 unspecified atom stereocenters. The zero-order chi connectivity index (χ0) is 23.2. The summed E-state index contributed by atoms with van der Waals surface area (Å²) in [5.74, 6) is 0. The van der Waals surface area contributed by atoms with Gasteiger partial charge in [0.05, 0.1) is 24.5 Å². The van der Waals surface area contributed by atoms with E-state index in [1.807, 2.05) is 0 Å². The number of benzene rings is 2. The van der Waals surface area contributed by atoms with Crippen molar-refractivity contribution in [3.63, 3.8) is 0 Å². The van der Waals surface area contributed by atoms with E-state index in [-0.39, 0.29) is 37.7 Å². The first-order chi connectivity index (χ1) is 15.2. The summed E-state index contributed by atoms with van der Waals surface area (Å²) in [6.07, 6.45) is -2.40. The van der Waals surface area contributed by atoms with Crippen LogP contribution >= 0.6 is 0 Å². The number of nitrogens with zero attached hydrogens (tertiary/aromatic N) is 1. The highest BCUT2D eigenvalue weighted by molar-refractivity contribution is 7.89. The molecule has 0 atom stereocenters. The van der Waals surface area contributed by atoms with Crippen molar-refractivity contribution >= 4 is 15.7 Å². The summed E-state index contributed by atoms with van der Waals surface area (Å²) >= 11 is 0. The molecule has 2 aromatic carbocycles. The molecule has 32 heavy (non-hydrogen) atoms. The van der Waals surface area contributed by atoms with E-state index < -0.39 is 21.8 Å². The third-order valence-corrected chi connectivity index (χ3v) is 6.72. The zero-order valence-electron chi connectivity index (χ0n) is 17.1. The molecule has 174 valence electrons. The number of hydrogen-bond donors (Lipinski definition) is 3. The molecular weight excluding hydrogens is 447 g/mol. The van der Waals surface area contributed by atoms with E-state index in [1.54, 1.807) is 24.3 Å². The molecule has 3 N–H and O–H groups in total. The number of hydroxylamine groups is 1. The molecule has 3 rings (SSSR count). The second-order valence-corrected chi connectivity index (χ2v) is 8.98. The highest BCUT2D eigenvalue weighted by Crippen LogP contribution is 2.30. The van der Waals surface area contributed by atoms with Crippen LogP contribution < -0.4 is 10.8 Å². The van der Waals surface area contributed by atoms with Gasteiger partial charge < -0.3 is 10.4 Å².